The Balaban J connectivity index is 1.87. The van der Waals surface area contributed by atoms with E-state index in [4.69, 9.17) is 0 Å². The Bertz CT molecular complexity index is 172. The number of aldehydes is 1. The number of carbonyl (C=O) groups is 1. The molecule has 68 valence electrons. The minimum atomic E-state index is 0.629. The molecule has 12 heavy (non-hydrogen) atoms. The number of carbonyl (C=O) groups excluding carboxylic acids is 1. The maximum atomic E-state index is 10.3. The van der Waals surface area contributed by atoms with Crippen molar-refractivity contribution in [1.82, 2.24) is 9.80 Å². The Morgan fingerprint density at radius 2 is 2.25 bits per heavy atom. The van der Waals surface area contributed by atoms with Crippen molar-refractivity contribution in [3.8, 4) is 0 Å². The summed E-state index contributed by atoms with van der Waals surface area (Å²) in [7, 11) is 0. The van der Waals surface area contributed by atoms with Crippen molar-refractivity contribution in [3.05, 3.63) is 0 Å². The summed E-state index contributed by atoms with van der Waals surface area (Å²) in [6, 6.07) is 0.749. The molecule has 0 bridgehead atoms. The summed E-state index contributed by atoms with van der Waals surface area (Å²) in [5.74, 6) is 0. The Hall–Kier alpha value is -0.410. The third-order valence-electron chi connectivity index (χ3n) is 3.00. The summed E-state index contributed by atoms with van der Waals surface area (Å²) < 4.78 is 0. The van der Waals surface area contributed by atoms with Crippen LogP contribution in [-0.4, -0.2) is 54.9 Å². The zero-order valence-corrected chi connectivity index (χ0v) is 7.41. The van der Waals surface area contributed by atoms with Gasteiger partial charge in [-0.1, -0.05) is 0 Å². The van der Waals surface area contributed by atoms with Crippen LogP contribution >= 0.6 is 0 Å². The average Bonchev–Trinajstić information content (AvgIpc) is 2.51. The summed E-state index contributed by atoms with van der Waals surface area (Å²) in [4.78, 5) is 15.1. The van der Waals surface area contributed by atoms with Gasteiger partial charge in [-0.05, 0) is 19.4 Å². The lowest BCUT2D eigenvalue weighted by Crippen LogP contribution is -2.50. The minimum absolute atomic E-state index is 0.629. The lowest BCUT2D eigenvalue weighted by atomic mass is 10.1. The molecule has 0 spiro atoms. The number of hydrogen-bond donors (Lipinski definition) is 0. The average molecular weight is 168 g/mol. The van der Waals surface area contributed by atoms with Crippen LogP contribution in [0.4, 0.5) is 0 Å². The first kappa shape index (κ1) is 8.20. The number of fused-ring (bicyclic) bond motifs is 1. The van der Waals surface area contributed by atoms with Crippen LogP contribution in [0.2, 0.25) is 0 Å². The lowest BCUT2D eigenvalue weighted by Gasteiger charge is -2.36. The van der Waals surface area contributed by atoms with Crippen LogP contribution in [0.15, 0.2) is 0 Å². The number of rotatable bonds is 2. The zero-order valence-electron chi connectivity index (χ0n) is 7.41. The summed E-state index contributed by atoms with van der Waals surface area (Å²) in [5, 5.41) is 0. The first-order chi connectivity index (χ1) is 5.90. The third kappa shape index (κ3) is 1.52. The molecule has 2 saturated heterocycles. The molecule has 3 nitrogen and oxygen atoms in total. The van der Waals surface area contributed by atoms with Gasteiger partial charge in [0.2, 0.25) is 0 Å². The van der Waals surface area contributed by atoms with Gasteiger partial charge in [-0.3, -0.25) is 9.80 Å². The normalized spacial score (nSPS) is 31.8. The summed E-state index contributed by atoms with van der Waals surface area (Å²) in [6.45, 7) is 5.26. The minimum Gasteiger partial charge on any atom is -0.302 e. The van der Waals surface area contributed by atoms with E-state index in [0.29, 0.717) is 6.54 Å². The number of piperazine rings is 1. The standard InChI is InChI=1S/C9H16N2O/c12-7-6-10-4-5-11-3-1-2-9(11)8-10/h7,9H,1-6,8H2. The Morgan fingerprint density at radius 1 is 1.33 bits per heavy atom. The van der Waals surface area contributed by atoms with E-state index >= 15 is 0 Å². The summed E-state index contributed by atoms with van der Waals surface area (Å²) in [6.07, 6.45) is 3.69. The Kier molecular flexibility index (Phi) is 2.42. The van der Waals surface area contributed by atoms with E-state index in [0.717, 1.165) is 25.4 Å². The predicted molar refractivity (Wildman–Crippen MR) is 47.1 cm³/mol. The van der Waals surface area contributed by atoms with E-state index in [9.17, 15) is 4.79 Å². The van der Waals surface area contributed by atoms with E-state index in [1.165, 1.54) is 25.9 Å². The zero-order chi connectivity index (χ0) is 8.39. The van der Waals surface area contributed by atoms with Gasteiger partial charge in [0, 0.05) is 25.7 Å². The SMILES string of the molecule is O=CCN1CCN2CCCC2C1. The molecule has 0 radical (unpaired) electrons. The third-order valence-corrected chi connectivity index (χ3v) is 3.00. The van der Waals surface area contributed by atoms with Gasteiger partial charge in [0.1, 0.15) is 6.29 Å². The molecule has 0 N–H and O–H groups in total. The fraction of sp³-hybridized carbons (Fsp3) is 0.889. The first-order valence-corrected chi connectivity index (χ1v) is 4.80. The van der Waals surface area contributed by atoms with E-state index in [1.807, 2.05) is 0 Å². The quantitative estimate of drug-likeness (QED) is 0.541. The Morgan fingerprint density at radius 3 is 3.08 bits per heavy atom. The molecule has 2 aliphatic rings. The number of nitrogens with zero attached hydrogens (tertiary/aromatic N) is 2. The molecule has 2 rings (SSSR count). The van der Waals surface area contributed by atoms with Gasteiger partial charge in [0.05, 0.1) is 6.54 Å². The lowest BCUT2D eigenvalue weighted by molar-refractivity contribution is -0.109. The van der Waals surface area contributed by atoms with Gasteiger partial charge in [-0.25, -0.2) is 0 Å². The van der Waals surface area contributed by atoms with Crippen LogP contribution in [0.3, 0.4) is 0 Å². The van der Waals surface area contributed by atoms with Crippen molar-refractivity contribution in [2.75, 3.05) is 32.7 Å². The van der Waals surface area contributed by atoms with E-state index < -0.39 is 0 Å². The van der Waals surface area contributed by atoms with Crippen LogP contribution in [0.5, 0.6) is 0 Å². The molecule has 2 aliphatic heterocycles. The second kappa shape index (κ2) is 3.54. The molecule has 3 heteroatoms. The van der Waals surface area contributed by atoms with Crippen LogP contribution < -0.4 is 0 Å². The first-order valence-electron chi connectivity index (χ1n) is 4.80. The molecule has 2 fully saturated rings. The van der Waals surface area contributed by atoms with Crippen LogP contribution in [0.25, 0.3) is 0 Å². The fourth-order valence-electron chi connectivity index (χ4n) is 2.33. The molecule has 0 aromatic heterocycles. The van der Waals surface area contributed by atoms with Gasteiger partial charge in [0.25, 0.3) is 0 Å². The highest BCUT2D eigenvalue weighted by Crippen LogP contribution is 2.20. The fourth-order valence-corrected chi connectivity index (χ4v) is 2.33. The van der Waals surface area contributed by atoms with Gasteiger partial charge in [0.15, 0.2) is 0 Å². The molecule has 0 aliphatic carbocycles. The second-order valence-corrected chi connectivity index (χ2v) is 3.76. The molecule has 0 saturated carbocycles. The number of hydrogen-bond acceptors (Lipinski definition) is 3. The highest BCUT2D eigenvalue weighted by atomic mass is 16.1. The van der Waals surface area contributed by atoms with Gasteiger partial charge in [-0.2, -0.15) is 0 Å². The van der Waals surface area contributed by atoms with Gasteiger partial charge in [-0.15, -0.1) is 0 Å². The Labute approximate surface area is 73.3 Å². The maximum Gasteiger partial charge on any atom is 0.133 e. The topological polar surface area (TPSA) is 23.6 Å². The highest BCUT2D eigenvalue weighted by Gasteiger charge is 2.29. The van der Waals surface area contributed by atoms with E-state index in [2.05, 4.69) is 9.80 Å². The van der Waals surface area contributed by atoms with Crippen molar-refractivity contribution >= 4 is 6.29 Å². The van der Waals surface area contributed by atoms with Crippen LogP contribution in [0.1, 0.15) is 12.8 Å². The smallest absolute Gasteiger partial charge is 0.133 e. The molecule has 1 unspecified atom stereocenters. The predicted octanol–water partition coefficient (Wildman–Crippen LogP) is -0.0347. The van der Waals surface area contributed by atoms with Crippen LogP contribution in [0, 0.1) is 0 Å². The summed E-state index contributed by atoms with van der Waals surface area (Å²) >= 11 is 0. The molecular formula is C9H16N2O. The van der Waals surface area contributed by atoms with Crippen molar-refractivity contribution in [2.45, 2.75) is 18.9 Å². The largest absolute Gasteiger partial charge is 0.302 e. The molecule has 0 aromatic rings. The van der Waals surface area contributed by atoms with Gasteiger partial charge >= 0.3 is 0 Å². The molecular weight excluding hydrogens is 152 g/mol. The molecule has 0 amide bonds. The second-order valence-electron chi connectivity index (χ2n) is 3.76. The monoisotopic (exact) mass is 168 g/mol. The summed E-state index contributed by atoms with van der Waals surface area (Å²) in [5.41, 5.74) is 0. The molecule has 0 aromatic carbocycles. The van der Waals surface area contributed by atoms with Gasteiger partial charge < -0.3 is 4.79 Å². The van der Waals surface area contributed by atoms with Crippen molar-refractivity contribution in [3.63, 3.8) is 0 Å². The van der Waals surface area contributed by atoms with Crippen molar-refractivity contribution in [2.24, 2.45) is 0 Å². The maximum absolute atomic E-state index is 10.3. The highest BCUT2D eigenvalue weighted by molar-refractivity contribution is 5.52. The van der Waals surface area contributed by atoms with E-state index in [-0.39, 0.29) is 0 Å². The van der Waals surface area contributed by atoms with E-state index in [1.54, 1.807) is 0 Å². The molecule has 1 atom stereocenters. The van der Waals surface area contributed by atoms with Crippen molar-refractivity contribution in [1.29, 1.82) is 0 Å². The van der Waals surface area contributed by atoms with Crippen LogP contribution in [-0.2, 0) is 4.79 Å². The molecule has 2 heterocycles. The van der Waals surface area contributed by atoms with Crippen molar-refractivity contribution < 1.29 is 4.79 Å².